The molecule has 0 radical (unpaired) electrons. The number of hydrogen-bond acceptors (Lipinski definition) is 5. The summed E-state index contributed by atoms with van der Waals surface area (Å²) in [5.41, 5.74) is 0.782. The summed E-state index contributed by atoms with van der Waals surface area (Å²) in [6, 6.07) is 0. The monoisotopic (exact) mass is 322 g/mol. The SMILES string of the molecule is CC(C)=C/C=C/P(=O)(O)OP(=O)(O)OP(=O)(O)O. The highest BCUT2D eigenvalue weighted by Gasteiger charge is 2.38. The predicted molar refractivity (Wildman–Crippen MR) is 62.4 cm³/mol. The smallest absolute Gasteiger partial charge is 0.321 e. The van der Waals surface area contributed by atoms with Gasteiger partial charge in [-0.1, -0.05) is 17.7 Å². The molecule has 4 N–H and O–H groups in total. The van der Waals surface area contributed by atoms with Crippen molar-refractivity contribution in [2.45, 2.75) is 13.8 Å². The lowest BCUT2D eigenvalue weighted by atomic mass is 10.3. The molecule has 18 heavy (non-hydrogen) atoms. The molecule has 0 amide bonds. The molecule has 0 aromatic carbocycles. The molecule has 2 atom stereocenters. The van der Waals surface area contributed by atoms with Gasteiger partial charge in [-0.25, -0.2) is 13.4 Å². The molecular weight excluding hydrogens is 309 g/mol. The number of phosphoric acid groups is 2. The molecule has 0 spiro atoms. The Labute approximate surface area is 103 Å². The highest BCUT2D eigenvalue weighted by Crippen LogP contribution is 2.66. The fraction of sp³-hybridized carbons (Fsp3) is 0.333. The van der Waals surface area contributed by atoms with Crippen LogP contribution in [0.3, 0.4) is 0 Å². The van der Waals surface area contributed by atoms with E-state index >= 15 is 0 Å². The summed E-state index contributed by atoms with van der Waals surface area (Å²) in [7, 11) is -15.3. The predicted octanol–water partition coefficient (Wildman–Crippen LogP) is 1.88. The van der Waals surface area contributed by atoms with E-state index < -0.39 is 23.2 Å². The van der Waals surface area contributed by atoms with Gasteiger partial charge in [0.05, 0.1) is 0 Å². The second-order valence-corrected chi connectivity index (χ2v) is 7.92. The van der Waals surface area contributed by atoms with E-state index in [4.69, 9.17) is 19.6 Å². The highest BCUT2D eigenvalue weighted by molar-refractivity contribution is 7.69. The first-order valence-corrected chi connectivity index (χ1v) is 8.96. The molecule has 0 rings (SSSR count). The van der Waals surface area contributed by atoms with Crippen molar-refractivity contribution in [1.82, 2.24) is 0 Å². The quantitative estimate of drug-likeness (QED) is 0.424. The Kier molecular flexibility index (Phi) is 6.36. The van der Waals surface area contributed by atoms with E-state index in [9.17, 15) is 13.7 Å². The lowest BCUT2D eigenvalue weighted by Gasteiger charge is -2.13. The second kappa shape index (κ2) is 6.39. The van der Waals surface area contributed by atoms with Crippen LogP contribution in [0.15, 0.2) is 23.5 Å². The van der Waals surface area contributed by atoms with E-state index in [1.807, 2.05) is 0 Å². The summed E-state index contributed by atoms with van der Waals surface area (Å²) in [4.78, 5) is 34.5. The van der Waals surface area contributed by atoms with Crippen LogP contribution in [0.5, 0.6) is 0 Å². The number of rotatable bonds is 6. The first-order valence-electron chi connectivity index (χ1n) is 4.29. The maximum absolute atomic E-state index is 11.2. The van der Waals surface area contributed by atoms with Crippen LogP contribution in [-0.4, -0.2) is 19.6 Å². The Morgan fingerprint density at radius 2 is 1.50 bits per heavy atom. The molecule has 0 aliphatic rings. The maximum Gasteiger partial charge on any atom is 0.488 e. The first-order chi connectivity index (χ1) is 7.83. The fourth-order valence-corrected chi connectivity index (χ4v) is 3.84. The van der Waals surface area contributed by atoms with Gasteiger partial charge in [-0.15, -0.1) is 0 Å². The van der Waals surface area contributed by atoms with Crippen molar-refractivity contribution in [3.8, 4) is 0 Å². The molecule has 106 valence electrons. The third kappa shape index (κ3) is 9.91. The van der Waals surface area contributed by atoms with E-state index in [0.717, 1.165) is 11.6 Å². The van der Waals surface area contributed by atoms with Gasteiger partial charge >= 0.3 is 23.2 Å². The van der Waals surface area contributed by atoms with E-state index in [1.54, 1.807) is 13.8 Å². The average Bonchev–Trinajstić information content (AvgIpc) is 1.93. The van der Waals surface area contributed by atoms with E-state index in [-0.39, 0.29) is 0 Å². The van der Waals surface area contributed by atoms with Crippen molar-refractivity contribution in [1.29, 1.82) is 0 Å². The van der Waals surface area contributed by atoms with Gasteiger partial charge in [0.1, 0.15) is 0 Å². The lowest BCUT2D eigenvalue weighted by molar-refractivity contribution is 0.224. The molecule has 0 heterocycles. The van der Waals surface area contributed by atoms with Crippen molar-refractivity contribution in [2.24, 2.45) is 0 Å². The minimum absolute atomic E-state index is 0.575. The zero-order valence-corrected chi connectivity index (χ0v) is 12.1. The van der Waals surface area contributed by atoms with Gasteiger partial charge in [-0.2, -0.15) is 4.31 Å². The minimum Gasteiger partial charge on any atom is -0.321 e. The van der Waals surface area contributed by atoms with Crippen LogP contribution in [0.1, 0.15) is 13.8 Å². The van der Waals surface area contributed by atoms with Crippen LogP contribution in [0.25, 0.3) is 0 Å². The number of hydrogen-bond donors (Lipinski definition) is 4. The van der Waals surface area contributed by atoms with Gasteiger partial charge in [0, 0.05) is 5.82 Å². The van der Waals surface area contributed by atoms with Crippen molar-refractivity contribution in [3.05, 3.63) is 23.5 Å². The van der Waals surface area contributed by atoms with Crippen LogP contribution in [-0.2, 0) is 22.3 Å². The van der Waals surface area contributed by atoms with Gasteiger partial charge in [0.25, 0.3) is 0 Å². The molecule has 12 heteroatoms. The maximum atomic E-state index is 11.2. The molecule has 0 aliphatic carbocycles. The summed E-state index contributed by atoms with van der Waals surface area (Å²) in [5, 5.41) is 0. The topological polar surface area (TPSA) is 151 Å². The molecule has 9 nitrogen and oxygen atoms in total. The van der Waals surface area contributed by atoms with E-state index in [2.05, 4.69) is 8.62 Å². The summed E-state index contributed by atoms with van der Waals surface area (Å²) < 4.78 is 39.7. The van der Waals surface area contributed by atoms with Crippen molar-refractivity contribution in [3.63, 3.8) is 0 Å². The second-order valence-electron chi connectivity index (χ2n) is 3.27. The Balaban J connectivity index is 4.83. The Morgan fingerprint density at radius 3 is 1.89 bits per heavy atom. The van der Waals surface area contributed by atoms with Gasteiger partial charge in [0.2, 0.25) is 0 Å². The van der Waals surface area contributed by atoms with E-state index in [0.29, 0.717) is 5.82 Å². The molecule has 2 unspecified atom stereocenters. The highest BCUT2D eigenvalue weighted by atomic mass is 31.3. The van der Waals surface area contributed by atoms with Crippen LogP contribution >= 0.6 is 23.2 Å². The Bertz CT molecular complexity index is 483. The van der Waals surface area contributed by atoms with Gasteiger partial charge in [-0.05, 0) is 13.8 Å². The zero-order chi connectivity index (χ0) is 14.6. The third-order valence-electron chi connectivity index (χ3n) is 1.13. The van der Waals surface area contributed by atoms with Crippen LogP contribution in [0, 0.1) is 0 Å². The van der Waals surface area contributed by atoms with Crippen molar-refractivity contribution >= 4 is 23.2 Å². The molecule has 0 aromatic heterocycles. The summed E-state index contributed by atoms with van der Waals surface area (Å²) in [6.07, 6.45) is 2.51. The summed E-state index contributed by atoms with van der Waals surface area (Å²) >= 11 is 0. The normalized spacial score (nSPS) is 19.2. The minimum atomic E-state index is -5.35. The molecule has 0 aromatic rings. The zero-order valence-electron chi connectivity index (χ0n) is 9.40. The molecule has 0 fully saturated rings. The Hall–Kier alpha value is -0.0700. The Morgan fingerprint density at radius 1 is 1.00 bits per heavy atom. The average molecular weight is 322 g/mol. The largest absolute Gasteiger partial charge is 0.488 e. The van der Waals surface area contributed by atoms with Gasteiger partial charge < -0.3 is 19.6 Å². The molecule has 0 saturated carbocycles. The number of allylic oxidation sites excluding steroid dienone is 3. The van der Waals surface area contributed by atoms with Crippen LogP contribution in [0.2, 0.25) is 0 Å². The lowest BCUT2D eigenvalue weighted by Crippen LogP contribution is -1.91. The van der Waals surface area contributed by atoms with Crippen LogP contribution < -0.4 is 0 Å². The standard InChI is InChI=1S/C6H13O9P3/c1-6(2)4-3-5-16(7,8)14-18(12,13)15-17(9,10)11/h3-5H,1-2H3,(H,7,8)(H,12,13)(H2,9,10,11)/b5-3+. The van der Waals surface area contributed by atoms with E-state index in [1.165, 1.54) is 6.08 Å². The third-order valence-corrected chi connectivity index (χ3v) is 5.12. The molecule has 0 bridgehead atoms. The molecule has 0 saturated heterocycles. The summed E-state index contributed by atoms with van der Waals surface area (Å²) in [5.74, 6) is 0.575. The van der Waals surface area contributed by atoms with Crippen molar-refractivity contribution in [2.75, 3.05) is 0 Å². The fourth-order valence-electron chi connectivity index (χ4n) is 0.669. The van der Waals surface area contributed by atoms with Gasteiger partial charge in [-0.3, -0.25) is 4.57 Å². The molecular formula is C6H13O9P3. The van der Waals surface area contributed by atoms with Gasteiger partial charge in [0.15, 0.2) is 0 Å². The summed E-state index contributed by atoms with van der Waals surface area (Å²) in [6.45, 7) is 3.39. The van der Waals surface area contributed by atoms with Crippen LogP contribution in [0.4, 0.5) is 0 Å². The first kappa shape index (κ1) is 17.9. The molecule has 0 aliphatic heterocycles. The van der Waals surface area contributed by atoms with Crippen molar-refractivity contribution < 1.29 is 41.9 Å².